The second-order valence-corrected chi connectivity index (χ2v) is 11.2. The molecule has 1 aromatic rings. The van der Waals surface area contributed by atoms with Gasteiger partial charge in [0.25, 0.3) is 5.91 Å². The van der Waals surface area contributed by atoms with Crippen LogP contribution in [-0.2, 0) is 19.3 Å². The first kappa shape index (κ1) is 20.3. The maximum atomic E-state index is 13.1. The number of carbonyl (C=O) groups excluding carboxylic acids is 1. The number of sulfone groups is 1. The van der Waals surface area contributed by atoms with Crippen LogP contribution in [0.1, 0.15) is 49.9 Å². The van der Waals surface area contributed by atoms with Gasteiger partial charge in [-0.2, -0.15) is 0 Å². The monoisotopic (exact) mass is 424 g/mol. The molecule has 3 aliphatic rings. The zero-order chi connectivity index (χ0) is 21.0. The van der Waals surface area contributed by atoms with E-state index in [-0.39, 0.29) is 29.5 Å². The molecule has 1 unspecified atom stereocenters. The van der Waals surface area contributed by atoms with Crippen molar-refractivity contribution in [3.63, 3.8) is 0 Å². The van der Waals surface area contributed by atoms with Crippen LogP contribution < -0.4 is 9.64 Å². The van der Waals surface area contributed by atoms with Gasteiger partial charge >= 0.3 is 0 Å². The number of aromatic nitrogens is 2. The fraction of sp³-hybridized carbons (Fsp3) is 0.737. The van der Waals surface area contributed by atoms with E-state index in [4.69, 9.17) is 9.47 Å². The number of likely N-dealkylation sites (tertiary alicyclic amines) is 1. The number of anilines is 1. The Labute approximate surface area is 171 Å². The Kier molecular flexibility index (Phi) is 4.97. The summed E-state index contributed by atoms with van der Waals surface area (Å²) in [6, 6.07) is -0.0136. The first-order valence-electron chi connectivity index (χ1n) is 10.0. The van der Waals surface area contributed by atoms with Gasteiger partial charge in [0.05, 0.1) is 25.3 Å². The number of morpholine rings is 1. The van der Waals surface area contributed by atoms with Gasteiger partial charge in [-0.05, 0) is 33.6 Å². The molecular formula is C19H28N4O5S. The summed E-state index contributed by atoms with van der Waals surface area (Å²) in [4.78, 5) is 25.9. The second kappa shape index (κ2) is 7.09. The van der Waals surface area contributed by atoms with E-state index < -0.39 is 14.6 Å². The van der Waals surface area contributed by atoms with E-state index in [2.05, 4.69) is 14.9 Å². The molecular weight excluding hydrogens is 396 g/mol. The lowest BCUT2D eigenvalue weighted by Gasteiger charge is -2.45. The summed E-state index contributed by atoms with van der Waals surface area (Å²) >= 11 is 0. The highest BCUT2D eigenvalue weighted by atomic mass is 32.2. The minimum atomic E-state index is -3.53. The van der Waals surface area contributed by atoms with Crippen LogP contribution in [-0.4, -0.2) is 80.4 Å². The van der Waals surface area contributed by atoms with E-state index in [9.17, 15) is 13.2 Å². The molecule has 1 aromatic heterocycles. The topological polar surface area (TPSA) is 102 Å². The van der Waals surface area contributed by atoms with E-state index in [1.54, 1.807) is 18.7 Å². The van der Waals surface area contributed by atoms with E-state index in [1.807, 2.05) is 6.92 Å². The largest absolute Gasteiger partial charge is 0.486 e. The highest BCUT2D eigenvalue weighted by molar-refractivity contribution is 7.91. The molecule has 29 heavy (non-hydrogen) atoms. The van der Waals surface area contributed by atoms with Gasteiger partial charge in [0.2, 0.25) is 5.82 Å². The average molecular weight is 425 g/mol. The van der Waals surface area contributed by atoms with Crippen molar-refractivity contribution in [1.82, 2.24) is 14.9 Å². The van der Waals surface area contributed by atoms with Crippen LogP contribution >= 0.6 is 0 Å². The Hall–Kier alpha value is -1.94. The van der Waals surface area contributed by atoms with Gasteiger partial charge in [-0.1, -0.05) is 0 Å². The number of amides is 1. The summed E-state index contributed by atoms with van der Waals surface area (Å²) in [5.74, 6) is 0.601. The number of hydrogen-bond donors (Lipinski definition) is 0. The van der Waals surface area contributed by atoms with E-state index in [1.165, 1.54) is 6.26 Å². The Morgan fingerprint density at radius 1 is 1.14 bits per heavy atom. The smallest absolute Gasteiger partial charge is 0.291 e. The summed E-state index contributed by atoms with van der Waals surface area (Å²) in [5.41, 5.74) is 0.240. The van der Waals surface area contributed by atoms with Gasteiger partial charge in [0.1, 0.15) is 17.0 Å². The van der Waals surface area contributed by atoms with Crippen LogP contribution in [0.25, 0.3) is 0 Å². The molecule has 9 nitrogen and oxygen atoms in total. The molecule has 3 aliphatic heterocycles. The predicted molar refractivity (Wildman–Crippen MR) is 107 cm³/mol. The van der Waals surface area contributed by atoms with Gasteiger partial charge in [-0.15, -0.1) is 0 Å². The molecule has 0 radical (unpaired) electrons. The first-order chi connectivity index (χ1) is 13.6. The van der Waals surface area contributed by atoms with Gasteiger partial charge in [-0.3, -0.25) is 4.79 Å². The summed E-state index contributed by atoms with van der Waals surface area (Å²) in [6.45, 7) is 7.91. The molecule has 0 aliphatic carbocycles. The van der Waals surface area contributed by atoms with Gasteiger partial charge < -0.3 is 19.3 Å². The van der Waals surface area contributed by atoms with Gasteiger partial charge in [0, 0.05) is 19.3 Å². The van der Waals surface area contributed by atoms with Crippen LogP contribution in [0.3, 0.4) is 0 Å². The molecule has 0 aromatic carbocycles. The van der Waals surface area contributed by atoms with Crippen LogP contribution in [0.15, 0.2) is 0 Å². The number of carbonyl (C=O) groups is 1. The van der Waals surface area contributed by atoms with E-state index in [0.29, 0.717) is 44.5 Å². The lowest BCUT2D eigenvalue weighted by Crippen LogP contribution is -2.56. The molecule has 0 saturated carbocycles. The lowest BCUT2D eigenvalue weighted by molar-refractivity contribution is 0.0480. The Morgan fingerprint density at radius 3 is 2.48 bits per heavy atom. The zero-order valence-electron chi connectivity index (χ0n) is 17.3. The summed E-state index contributed by atoms with van der Waals surface area (Å²) in [5, 5.41) is 0. The van der Waals surface area contributed by atoms with Crippen LogP contribution in [0.5, 0.6) is 5.75 Å². The lowest BCUT2D eigenvalue weighted by atomic mass is 10.0. The molecule has 2 fully saturated rings. The summed E-state index contributed by atoms with van der Waals surface area (Å²) in [6.07, 6.45) is 3.07. The third kappa shape index (κ3) is 3.35. The predicted octanol–water partition coefficient (Wildman–Crippen LogP) is 0.978. The maximum absolute atomic E-state index is 13.1. The number of fused-ring (bicyclic) bond motifs is 3. The highest BCUT2D eigenvalue weighted by Crippen LogP contribution is 2.43. The standard InChI is InChI=1S/C19H28N4O5S/c1-12-9-27-10-13-11-28-14-15(19(2,3)29(4,25)26)20-16(21-17(14)23(12)13)18(24)22-7-5-6-8-22/h12-13H,5-11H2,1-4H3/t12-,13?/m1/s1. The minimum absolute atomic E-state index is 0.0234. The first-order valence-corrected chi connectivity index (χ1v) is 11.9. The zero-order valence-corrected chi connectivity index (χ0v) is 18.2. The maximum Gasteiger partial charge on any atom is 0.291 e. The van der Waals surface area contributed by atoms with Crippen molar-refractivity contribution in [3.8, 4) is 5.75 Å². The highest BCUT2D eigenvalue weighted by Gasteiger charge is 2.44. The molecule has 4 heterocycles. The van der Waals surface area contributed by atoms with Crippen molar-refractivity contribution < 1.29 is 22.7 Å². The molecule has 10 heteroatoms. The van der Waals surface area contributed by atoms with Crippen LogP contribution in [0.4, 0.5) is 5.82 Å². The van der Waals surface area contributed by atoms with Gasteiger partial charge in [-0.25, -0.2) is 18.4 Å². The molecule has 0 N–H and O–H groups in total. The van der Waals surface area contributed by atoms with Crippen molar-refractivity contribution in [3.05, 3.63) is 11.5 Å². The molecule has 0 bridgehead atoms. The van der Waals surface area contributed by atoms with Gasteiger partial charge in [0.15, 0.2) is 21.4 Å². The summed E-state index contributed by atoms with van der Waals surface area (Å²) in [7, 11) is -3.53. The number of rotatable bonds is 3. The molecule has 4 rings (SSSR count). The van der Waals surface area contributed by atoms with Crippen molar-refractivity contribution >= 4 is 21.6 Å². The fourth-order valence-corrected chi connectivity index (χ4v) is 4.56. The number of nitrogens with zero attached hydrogens (tertiary/aromatic N) is 4. The normalized spacial score (nSPS) is 24.7. The quantitative estimate of drug-likeness (QED) is 0.708. The molecule has 0 spiro atoms. The minimum Gasteiger partial charge on any atom is -0.486 e. The fourth-order valence-electron chi connectivity index (χ4n) is 4.07. The molecule has 2 atom stereocenters. The van der Waals surface area contributed by atoms with Crippen molar-refractivity contribution in [1.29, 1.82) is 0 Å². The Morgan fingerprint density at radius 2 is 1.83 bits per heavy atom. The van der Waals surface area contributed by atoms with Crippen molar-refractivity contribution in [2.75, 3.05) is 44.1 Å². The Bertz CT molecular complexity index is 927. The molecule has 2 saturated heterocycles. The SMILES string of the molecule is C[C@@H]1COCC2COc3c(nc(C(=O)N4CCCC4)nc3C(C)(C)S(C)(=O)=O)N21. The third-order valence-electron chi connectivity index (χ3n) is 6.13. The molecule has 160 valence electrons. The molecule has 1 amide bonds. The number of hydrogen-bond acceptors (Lipinski definition) is 8. The van der Waals surface area contributed by atoms with Crippen LogP contribution in [0.2, 0.25) is 0 Å². The second-order valence-electron chi connectivity index (χ2n) is 8.59. The van der Waals surface area contributed by atoms with Crippen LogP contribution in [0, 0.1) is 0 Å². The van der Waals surface area contributed by atoms with Crippen molar-refractivity contribution in [2.24, 2.45) is 0 Å². The van der Waals surface area contributed by atoms with E-state index >= 15 is 0 Å². The summed E-state index contributed by atoms with van der Waals surface area (Å²) < 4.78 is 35.4. The Balaban J connectivity index is 1.90. The van der Waals surface area contributed by atoms with E-state index in [0.717, 1.165) is 12.8 Å². The average Bonchev–Trinajstić information content (AvgIpc) is 3.20. The van der Waals surface area contributed by atoms with Crippen molar-refractivity contribution in [2.45, 2.75) is 50.4 Å². The third-order valence-corrected chi connectivity index (χ3v) is 8.18. The number of ether oxygens (including phenoxy) is 2.